The van der Waals surface area contributed by atoms with Crippen LogP contribution < -0.4 is 5.32 Å². The summed E-state index contributed by atoms with van der Waals surface area (Å²) in [7, 11) is -0.829. The number of rotatable bonds is 6. The second-order valence-electron chi connectivity index (χ2n) is 7.75. The SMILES string of the molecule is C[C@H]1[C@@H](NC(=O)[C@@H](C)OC(=O)c2cccc(S(=O)(=O)N(C)C)c2)CCC[C@@H]1C. The Kier molecular flexibility index (Phi) is 7.22. The molecule has 0 radical (unpaired) electrons. The lowest BCUT2D eigenvalue weighted by molar-refractivity contribution is -0.130. The van der Waals surface area contributed by atoms with Crippen LogP contribution in [0.15, 0.2) is 29.2 Å². The molecule has 0 saturated heterocycles. The van der Waals surface area contributed by atoms with Crippen molar-refractivity contribution < 1.29 is 22.7 Å². The number of nitrogens with one attached hydrogen (secondary N) is 1. The van der Waals surface area contributed by atoms with Crippen LogP contribution in [0.1, 0.15) is 50.4 Å². The quantitative estimate of drug-likeness (QED) is 0.727. The molecule has 1 aromatic carbocycles. The van der Waals surface area contributed by atoms with Crippen LogP contribution in [0, 0.1) is 11.8 Å². The third-order valence-electron chi connectivity index (χ3n) is 5.54. The minimum atomic E-state index is -3.66. The first kappa shape index (κ1) is 22.4. The second kappa shape index (κ2) is 9.05. The van der Waals surface area contributed by atoms with Gasteiger partial charge in [-0.3, -0.25) is 4.79 Å². The number of hydrogen-bond donors (Lipinski definition) is 1. The van der Waals surface area contributed by atoms with Gasteiger partial charge in [-0.25, -0.2) is 17.5 Å². The summed E-state index contributed by atoms with van der Waals surface area (Å²) in [5.41, 5.74) is 0.0854. The van der Waals surface area contributed by atoms with E-state index in [2.05, 4.69) is 19.2 Å². The standard InChI is InChI=1S/C20H30N2O5S/c1-13-8-6-11-18(14(13)2)21-19(23)15(3)27-20(24)16-9-7-10-17(12-16)28(25,26)22(4)5/h7,9-10,12-15,18H,6,8,11H2,1-5H3,(H,21,23)/t13-,14+,15+,18-/m0/s1. The molecule has 0 heterocycles. The molecule has 0 unspecified atom stereocenters. The molecular weight excluding hydrogens is 380 g/mol. The molecule has 156 valence electrons. The third-order valence-corrected chi connectivity index (χ3v) is 7.35. The summed E-state index contributed by atoms with van der Waals surface area (Å²) < 4.78 is 30.8. The van der Waals surface area contributed by atoms with Gasteiger partial charge in [-0.05, 0) is 43.4 Å². The van der Waals surface area contributed by atoms with E-state index in [0.29, 0.717) is 11.8 Å². The van der Waals surface area contributed by atoms with Gasteiger partial charge in [-0.2, -0.15) is 0 Å². The second-order valence-corrected chi connectivity index (χ2v) is 9.90. The van der Waals surface area contributed by atoms with E-state index < -0.39 is 22.1 Å². The van der Waals surface area contributed by atoms with Gasteiger partial charge < -0.3 is 10.1 Å². The van der Waals surface area contributed by atoms with Crippen LogP contribution in [0.25, 0.3) is 0 Å². The van der Waals surface area contributed by atoms with Gasteiger partial charge in [0.05, 0.1) is 10.5 Å². The van der Waals surface area contributed by atoms with Crippen molar-refractivity contribution in [3.05, 3.63) is 29.8 Å². The zero-order valence-electron chi connectivity index (χ0n) is 17.1. The Hall–Kier alpha value is -1.93. The van der Waals surface area contributed by atoms with E-state index in [1.165, 1.54) is 45.3 Å². The number of carbonyl (C=O) groups is 2. The zero-order valence-corrected chi connectivity index (χ0v) is 18.0. The van der Waals surface area contributed by atoms with Crippen LogP contribution in [0.5, 0.6) is 0 Å². The molecule has 1 saturated carbocycles. The fourth-order valence-electron chi connectivity index (χ4n) is 3.36. The fraction of sp³-hybridized carbons (Fsp3) is 0.600. The Morgan fingerprint density at radius 2 is 1.89 bits per heavy atom. The molecule has 0 bridgehead atoms. The van der Waals surface area contributed by atoms with Crippen molar-refractivity contribution in [1.29, 1.82) is 0 Å². The van der Waals surface area contributed by atoms with Crippen LogP contribution in [-0.4, -0.2) is 50.8 Å². The Balaban J connectivity index is 2.03. The minimum Gasteiger partial charge on any atom is -0.449 e. The van der Waals surface area contributed by atoms with Gasteiger partial charge in [0.15, 0.2) is 6.10 Å². The monoisotopic (exact) mass is 410 g/mol. The summed E-state index contributed by atoms with van der Waals surface area (Å²) in [4.78, 5) is 24.9. The summed E-state index contributed by atoms with van der Waals surface area (Å²) >= 11 is 0. The Labute approximate surface area is 167 Å². The van der Waals surface area contributed by atoms with E-state index in [0.717, 1.165) is 23.6 Å². The third kappa shape index (κ3) is 5.11. The highest BCUT2D eigenvalue weighted by atomic mass is 32.2. The van der Waals surface area contributed by atoms with Crippen molar-refractivity contribution >= 4 is 21.9 Å². The van der Waals surface area contributed by atoms with Crippen LogP contribution in [0.3, 0.4) is 0 Å². The van der Waals surface area contributed by atoms with Crippen molar-refractivity contribution in [1.82, 2.24) is 9.62 Å². The van der Waals surface area contributed by atoms with Crippen LogP contribution in [0.4, 0.5) is 0 Å². The average Bonchev–Trinajstić information content (AvgIpc) is 2.65. The highest BCUT2D eigenvalue weighted by molar-refractivity contribution is 7.89. The lowest BCUT2D eigenvalue weighted by Crippen LogP contribution is -2.47. The van der Waals surface area contributed by atoms with E-state index >= 15 is 0 Å². The van der Waals surface area contributed by atoms with Crippen molar-refractivity contribution in [2.75, 3.05) is 14.1 Å². The zero-order chi connectivity index (χ0) is 21.1. The summed E-state index contributed by atoms with van der Waals surface area (Å²) in [5, 5.41) is 2.99. The lowest BCUT2D eigenvalue weighted by atomic mass is 9.78. The summed E-state index contributed by atoms with van der Waals surface area (Å²) in [6.45, 7) is 5.83. The number of hydrogen-bond acceptors (Lipinski definition) is 5. The molecule has 0 aliphatic heterocycles. The maximum Gasteiger partial charge on any atom is 0.338 e. The van der Waals surface area contributed by atoms with Crippen LogP contribution in [0.2, 0.25) is 0 Å². The molecule has 1 fully saturated rings. The molecule has 1 aliphatic rings. The number of esters is 1. The van der Waals surface area contributed by atoms with E-state index in [1.807, 2.05) is 0 Å². The maximum atomic E-state index is 12.5. The van der Waals surface area contributed by atoms with Crippen LogP contribution in [-0.2, 0) is 19.6 Å². The number of nitrogens with zero attached hydrogens (tertiary/aromatic N) is 1. The molecule has 8 heteroatoms. The van der Waals surface area contributed by atoms with Crippen LogP contribution >= 0.6 is 0 Å². The van der Waals surface area contributed by atoms with Gasteiger partial charge >= 0.3 is 5.97 Å². The predicted molar refractivity (Wildman–Crippen MR) is 106 cm³/mol. The number of carbonyl (C=O) groups excluding carboxylic acids is 2. The number of sulfonamides is 1. The van der Waals surface area contributed by atoms with Gasteiger partial charge in [-0.15, -0.1) is 0 Å². The average molecular weight is 411 g/mol. The van der Waals surface area contributed by atoms with Crippen molar-refractivity contribution in [3.8, 4) is 0 Å². The highest BCUT2D eigenvalue weighted by Gasteiger charge is 2.30. The minimum absolute atomic E-state index is 0.00549. The first-order valence-corrected chi connectivity index (χ1v) is 11.0. The Bertz CT molecular complexity index is 822. The molecule has 28 heavy (non-hydrogen) atoms. The predicted octanol–water partition coefficient (Wildman–Crippen LogP) is 2.42. The van der Waals surface area contributed by atoms with Gasteiger partial charge in [-0.1, -0.05) is 32.8 Å². The molecule has 1 aliphatic carbocycles. The molecule has 1 amide bonds. The normalized spacial score (nSPS) is 23.9. The van der Waals surface area contributed by atoms with E-state index in [-0.39, 0.29) is 22.4 Å². The Morgan fingerprint density at radius 1 is 1.21 bits per heavy atom. The fourth-order valence-corrected chi connectivity index (χ4v) is 4.31. The van der Waals surface area contributed by atoms with Gasteiger partial charge in [0, 0.05) is 20.1 Å². The van der Waals surface area contributed by atoms with Gasteiger partial charge in [0.1, 0.15) is 0 Å². The van der Waals surface area contributed by atoms with Crippen molar-refractivity contribution in [2.45, 2.75) is 57.1 Å². The maximum absolute atomic E-state index is 12.5. The van der Waals surface area contributed by atoms with Crippen molar-refractivity contribution in [2.24, 2.45) is 11.8 Å². The number of amides is 1. The Morgan fingerprint density at radius 3 is 2.54 bits per heavy atom. The first-order valence-electron chi connectivity index (χ1n) is 9.58. The summed E-state index contributed by atoms with van der Waals surface area (Å²) in [6, 6.07) is 5.68. The smallest absolute Gasteiger partial charge is 0.338 e. The molecule has 7 nitrogen and oxygen atoms in total. The molecule has 2 rings (SSSR count). The summed E-state index contributed by atoms with van der Waals surface area (Å²) in [5.74, 6) is -0.160. The molecule has 1 N–H and O–H groups in total. The van der Waals surface area contributed by atoms with E-state index in [1.54, 1.807) is 0 Å². The molecule has 0 aromatic heterocycles. The van der Waals surface area contributed by atoms with Crippen molar-refractivity contribution in [3.63, 3.8) is 0 Å². The van der Waals surface area contributed by atoms with E-state index in [4.69, 9.17) is 4.74 Å². The molecule has 4 atom stereocenters. The highest BCUT2D eigenvalue weighted by Crippen LogP contribution is 2.29. The topological polar surface area (TPSA) is 92.8 Å². The molecular formula is C20H30N2O5S. The largest absolute Gasteiger partial charge is 0.449 e. The number of ether oxygens (including phenoxy) is 1. The summed E-state index contributed by atoms with van der Waals surface area (Å²) in [6.07, 6.45) is 2.18. The lowest BCUT2D eigenvalue weighted by Gasteiger charge is -2.35. The van der Waals surface area contributed by atoms with E-state index in [9.17, 15) is 18.0 Å². The number of benzene rings is 1. The van der Waals surface area contributed by atoms with Gasteiger partial charge in [0.2, 0.25) is 10.0 Å². The first-order chi connectivity index (χ1) is 13.0. The molecule has 1 aromatic rings. The van der Waals surface area contributed by atoms with Gasteiger partial charge in [0.25, 0.3) is 5.91 Å². The molecule has 0 spiro atoms.